The quantitative estimate of drug-likeness (QED) is 0.422. The van der Waals surface area contributed by atoms with Gasteiger partial charge in [-0.2, -0.15) is 9.61 Å². The SMILES string of the molecule is Cc1cc(=O)n2nc(N3CCc4ncc(-c5cnn6ccccc56)cc4C3)c(C)c(C)c2n1. The van der Waals surface area contributed by atoms with Crippen molar-refractivity contribution in [3.05, 3.63) is 87.4 Å². The molecule has 0 aromatic carbocycles. The van der Waals surface area contributed by atoms with Gasteiger partial charge in [-0.15, -0.1) is 5.10 Å². The molecule has 1 aliphatic rings. The zero-order valence-electron chi connectivity index (χ0n) is 18.8. The highest BCUT2D eigenvalue weighted by atomic mass is 16.1. The number of aryl methyl sites for hydroxylation is 2. The molecule has 0 atom stereocenters. The van der Waals surface area contributed by atoms with E-state index in [1.54, 1.807) is 0 Å². The second kappa shape index (κ2) is 7.23. The van der Waals surface area contributed by atoms with Gasteiger partial charge in [-0.3, -0.25) is 9.78 Å². The lowest BCUT2D eigenvalue weighted by molar-refractivity contribution is 0.684. The molecule has 0 N–H and O–H groups in total. The summed E-state index contributed by atoms with van der Waals surface area (Å²) < 4.78 is 3.30. The van der Waals surface area contributed by atoms with E-state index in [4.69, 9.17) is 10.1 Å². The van der Waals surface area contributed by atoms with Crippen molar-refractivity contribution in [1.82, 2.24) is 29.2 Å². The molecule has 0 amide bonds. The van der Waals surface area contributed by atoms with E-state index in [-0.39, 0.29) is 5.56 Å². The summed E-state index contributed by atoms with van der Waals surface area (Å²) >= 11 is 0. The summed E-state index contributed by atoms with van der Waals surface area (Å²) in [5.41, 5.74) is 8.63. The predicted molar refractivity (Wildman–Crippen MR) is 127 cm³/mol. The molecule has 8 nitrogen and oxygen atoms in total. The van der Waals surface area contributed by atoms with Crippen molar-refractivity contribution < 1.29 is 0 Å². The van der Waals surface area contributed by atoms with E-state index < -0.39 is 0 Å². The van der Waals surface area contributed by atoms with Crippen LogP contribution in [0.4, 0.5) is 5.82 Å². The fraction of sp³-hybridized carbons (Fsp3) is 0.240. The second-order valence-corrected chi connectivity index (χ2v) is 8.63. The normalized spacial score (nSPS) is 13.6. The van der Waals surface area contributed by atoms with Gasteiger partial charge in [0.2, 0.25) is 0 Å². The van der Waals surface area contributed by atoms with E-state index in [1.165, 1.54) is 16.1 Å². The Labute approximate surface area is 190 Å². The Morgan fingerprint density at radius 2 is 1.91 bits per heavy atom. The molecule has 164 valence electrons. The van der Waals surface area contributed by atoms with Crippen LogP contribution in [-0.2, 0) is 13.0 Å². The maximum Gasteiger partial charge on any atom is 0.274 e. The number of hydrogen-bond acceptors (Lipinski definition) is 6. The van der Waals surface area contributed by atoms with Crippen LogP contribution in [0.25, 0.3) is 22.3 Å². The third kappa shape index (κ3) is 3.09. The van der Waals surface area contributed by atoms with Crippen LogP contribution >= 0.6 is 0 Å². The van der Waals surface area contributed by atoms with Gasteiger partial charge in [-0.05, 0) is 44.5 Å². The number of hydrogen-bond donors (Lipinski definition) is 0. The molecule has 8 heteroatoms. The summed E-state index contributed by atoms with van der Waals surface area (Å²) in [6.07, 6.45) is 6.60. The number of rotatable bonds is 2. The topological polar surface area (TPSA) is 80.7 Å². The van der Waals surface area contributed by atoms with Crippen LogP contribution < -0.4 is 10.5 Å². The van der Waals surface area contributed by atoms with E-state index in [0.29, 0.717) is 17.9 Å². The second-order valence-electron chi connectivity index (χ2n) is 8.63. The standard InChI is InChI=1S/C25H23N7O/c1-15-10-23(33)32-24(28-15)16(2)17(3)25(29-32)30-9-7-21-19(14-30)11-18(12-26-21)20-13-27-31-8-5-4-6-22(20)31/h4-6,8,10-13H,7,9,14H2,1-3H3. The van der Waals surface area contributed by atoms with Gasteiger partial charge in [-0.25, -0.2) is 9.50 Å². The maximum atomic E-state index is 12.6. The summed E-state index contributed by atoms with van der Waals surface area (Å²) in [5, 5.41) is 9.18. The van der Waals surface area contributed by atoms with Crippen molar-refractivity contribution in [2.45, 2.75) is 33.7 Å². The molecule has 0 spiro atoms. The van der Waals surface area contributed by atoms with E-state index in [2.05, 4.69) is 34.0 Å². The van der Waals surface area contributed by atoms with Crippen LogP contribution in [0.15, 0.2) is 53.7 Å². The van der Waals surface area contributed by atoms with Crippen molar-refractivity contribution >= 4 is 17.0 Å². The zero-order valence-corrected chi connectivity index (χ0v) is 18.8. The summed E-state index contributed by atoms with van der Waals surface area (Å²) in [6, 6.07) is 9.78. The van der Waals surface area contributed by atoms with Gasteiger partial charge in [0.15, 0.2) is 11.5 Å². The minimum Gasteiger partial charge on any atom is -0.350 e. The fourth-order valence-corrected chi connectivity index (χ4v) is 4.65. The summed E-state index contributed by atoms with van der Waals surface area (Å²) in [4.78, 5) is 24.2. The molecule has 0 saturated carbocycles. The van der Waals surface area contributed by atoms with Gasteiger partial charge >= 0.3 is 0 Å². The first kappa shape index (κ1) is 19.6. The van der Waals surface area contributed by atoms with Gasteiger partial charge < -0.3 is 4.90 Å². The van der Waals surface area contributed by atoms with Crippen LogP contribution in [0.3, 0.4) is 0 Å². The molecule has 0 saturated heterocycles. The number of nitrogens with zero attached hydrogens (tertiary/aromatic N) is 7. The number of pyridine rings is 2. The number of fused-ring (bicyclic) bond motifs is 3. The average molecular weight is 438 g/mol. The first-order chi connectivity index (χ1) is 16.0. The molecule has 33 heavy (non-hydrogen) atoms. The predicted octanol–water partition coefficient (Wildman–Crippen LogP) is 3.29. The van der Waals surface area contributed by atoms with E-state index in [0.717, 1.165) is 52.2 Å². The molecule has 0 fully saturated rings. The molecule has 1 aliphatic heterocycles. The molecular weight excluding hydrogens is 414 g/mol. The molecule has 0 unspecified atom stereocenters. The van der Waals surface area contributed by atoms with Gasteiger partial charge in [0, 0.05) is 71.6 Å². The highest BCUT2D eigenvalue weighted by Gasteiger charge is 2.23. The molecular formula is C25H23N7O. The smallest absolute Gasteiger partial charge is 0.274 e. The Hall–Kier alpha value is -4.07. The first-order valence-electron chi connectivity index (χ1n) is 11.0. The Balaban J connectivity index is 1.42. The molecule has 5 aromatic heterocycles. The van der Waals surface area contributed by atoms with Crippen LogP contribution in [0.2, 0.25) is 0 Å². The monoisotopic (exact) mass is 437 g/mol. The van der Waals surface area contributed by atoms with Gasteiger partial charge in [0.25, 0.3) is 5.56 Å². The molecule has 6 heterocycles. The largest absolute Gasteiger partial charge is 0.350 e. The first-order valence-corrected chi connectivity index (χ1v) is 11.0. The van der Waals surface area contributed by atoms with E-state index in [9.17, 15) is 4.79 Å². The van der Waals surface area contributed by atoms with Crippen molar-refractivity contribution in [3.8, 4) is 11.1 Å². The Morgan fingerprint density at radius 1 is 1.03 bits per heavy atom. The fourth-order valence-electron chi connectivity index (χ4n) is 4.65. The minimum atomic E-state index is -0.156. The lowest BCUT2D eigenvalue weighted by atomic mass is 10.0. The lowest BCUT2D eigenvalue weighted by Crippen LogP contribution is -2.34. The molecule has 0 aliphatic carbocycles. The zero-order chi connectivity index (χ0) is 22.7. The molecule has 0 radical (unpaired) electrons. The lowest BCUT2D eigenvalue weighted by Gasteiger charge is -2.31. The molecule has 6 rings (SSSR count). The van der Waals surface area contributed by atoms with E-state index in [1.807, 2.05) is 49.1 Å². The highest BCUT2D eigenvalue weighted by molar-refractivity contribution is 5.79. The van der Waals surface area contributed by atoms with Gasteiger partial charge in [-0.1, -0.05) is 6.07 Å². The van der Waals surface area contributed by atoms with E-state index >= 15 is 0 Å². The number of anilines is 1. The Bertz CT molecular complexity index is 1620. The van der Waals surface area contributed by atoms with Crippen LogP contribution in [0, 0.1) is 20.8 Å². The summed E-state index contributed by atoms with van der Waals surface area (Å²) in [7, 11) is 0. The van der Waals surface area contributed by atoms with Crippen molar-refractivity contribution in [3.63, 3.8) is 0 Å². The Kier molecular flexibility index (Phi) is 4.29. The van der Waals surface area contributed by atoms with Crippen molar-refractivity contribution in [2.75, 3.05) is 11.4 Å². The van der Waals surface area contributed by atoms with Gasteiger partial charge in [0.1, 0.15) is 0 Å². The minimum absolute atomic E-state index is 0.156. The van der Waals surface area contributed by atoms with Crippen LogP contribution in [0.1, 0.15) is 28.1 Å². The van der Waals surface area contributed by atoms with Gasteiger partial charge in [0.05, 0.1) is 11.7 Å². The molecule has 0 bridgehead atoms. The third-order valence-electron chi connectivity index (χ3n) is 6.53. The number of aromatic nitrogens is 6. The Morgan fingerprint density at radius 3 is 2.79 bits per heavy atom. The average Bonchev–Trinajstić information content (AvgIpc) is 3.25. The van der Waals surface area contributed by atoms with Crippen LogP contribution in [-0.4, -0.2) is 35.7 Å². The highest BCUT2D eigenvalue weighted by Crippen LogP contribution is 2.30. The summed E-state index contributed by atoms with van der Waals surface area (Å²) in [6.45, 7) is 7.37. The maximum absolute atomic E-state index is 12.6. The summed E-state index contributed by atoms with van der Waals surface area (Å²) in [5.74, 6) is 0.819. The van der Waals surface area contributed by atoms with Crippen molar-refractivity contribution in [2.24, 2.45) is 0 Å². The van der Waals surface area contributed by atoms with Crippen LogP contribution in [0.5, 0.6) is 0 Å². The molecule has 5 aromatic rings. The van der Waals surface area contributed by atoms with Crippen molar-refractivity contribution in [1.29, 1.82) is 0 Å². The third-order valence-corrected chi connectivity index (χ3v) is 6.53.